The average molecular weight is 352 g/mol. The molecular weight excluding hydrogens is 331 g/mol. The number of piperazine rings is 1. The van der Waals surface area contributed by atoms with Crippen molar-refractivity contribution < 1.29 is 9.18 Å². The van der Waals surface area contributed by atoms with Crippen molar-refractivity contribution in [3.8, 4) is 0 Å². The summed E-state index contributed by atoms with van der Waals surface area (Å²) in [5.41, 5.74) is 2.62. The number of hydrogen-bond acceptors (Lipinski definition) is 3. The number of imidazole rings is 1. The number of hydrogen-bond donors (Lipinski definition) is 0. The van der Waals surface area contributed by atoms with Crippen LogP contribution < -0.4 is 0 Å². The van der Waals surface area contributed by atoms with E-state index < -0.39 is 0 Å². The molecule has 1 amide bonds. The normalized spacial score (nSPS) is 15.5. The van der Waals surface area contributed by atoms with E-state index in [0.717, 1.165) is 32.7 Å². The van der Waals surface area contributed by atoms with Crippen LogP contribution in [0.4, 0.5) is 4.39 Å². The molecule has 0 spiro atoms. The second kappa shape index (κ2) is 7.25. The third-order valence-electron chi connectivity index (χ3n) is 4.77. The molecule has 0 unspecified atom stereocenters. The summed E-state index contributed by atoms with van der Waals surface area (Å²) in [6, 6.07) is 13.4. The lowest BCUT2D eigenvalue weighted by Gasteiger charge is -2.34. The van der Waals surface area contributed by atoms with Crippen LogP contribution in [0.15, 0.2) is 54.9 Å². The average Bonchev–Trinajstić information content (AvgIpc) is 3.04. The molecular formula is C20H21FN4O. The summed E-state index contributed by atoms with van der Waals surface area (Å²) in [6.07, 6.45) is 3.35. The number of halogens is 1. The van der Waals surface area contributed by atoms with Crippen molar-refractivity contribution in [2.75, 3.05) is 26.2 Å². The Bertz CT molecular complexity index is 901. The Morgan fingerprint density at radius 1 is 1.00 bits per heavy atom. The van der Waals surface area contributed by atoms with Gasteiger partial charge < -0.3 is 9.30 Å². The Morgan fingerprint density at radius 2 is 1.77 bits per heavy atom. The molecule has 0 aliphatic carbocycles. The first-order chi connectivity index (χ1) is 12.7. The second-order valence-corrected chi connectivity index (χ2v) is 6.66. The smallest absolute Gasteiger partial charge is 0.228 e. The van der Waals surface area contributed by atoms with Gasteiger partial charge in [0.15, 0.2) is 0 Å². The third kappa shape index (κ3) is 3.75. The molecule has 0 bridgehead atoms. The molecule has 1 aliphatic heterocycles. The minimum absolute atomic E-state index is 0.0771. The molecule has 3 heterocycles. The van der Waals surface area contributed by atoms with Gasteiger partial charge in [-0.25, -0.2) is 9.37 Å². The molecule has 1 saturated heterocycles. The van der Waals surface area contributed by atoms with E-state index in [4.69, 9.17) is 0 Å². The zero-order valence-corrected chi connectivity index (χ0v) is 14.5. The van der Waals surface area contributed by atoms with Crippen LogP contribution in [-0.4, -0.2) is 51.3 Å². The van der Waals surface area contributed by atoms with Gasteiger partial charge in [-0.05, 0) is 17.7 Å². The van der Waals surface area contributed by atoms with Crippen molar-refractivity contribution in [1.29, 1.82) is 0 Å². The van der Waals surface area contributed by atoms with Crippen LogP contribution in [-0.2, 0) is 17.8 Å². The SMILES string of the molecule is O=C(Cc1cn2cc(F)ccc2n1)N1CCN(Cc2ccccc2)CC1. The first-order valence-corrected chi connectivity index (χ1v) is 8.84. The van der Waals surface area contributed by atoms with Crippen LogP contribution in [0, 0.1) is 5.82 Å². The Labute approximate surface area is 151 Å². The van der Waals surface area contributed by atoms with Gasteiger partial charge >= 0.3 is 0 Å². The largest absolute Gasteiger partial charge is 0.340 e. The highest BCUT2D eigenvalue weighted by Gasteiger charge is 2.22. The molecule has 5 nitrogen and oxygen atoms in total. The summed E-state index contributed by atoms with van der Waals surface area (Å²) >= 11 is 0. The quantitative estimate of drug-likeness (QED) is 0.724. The highest BCUT2D eigenvalue weighted by molar-refractivity contribution is 5.78. The van der Waals surface area contributed by atoms with E-state index >= 15 is 0 Å². The van der Waals surface area contributed by atoms with Gasteiger partial charge in [-0.1, -0.05) is 30.3 Å². The molecule has 4 rings (SSSR count). The number of pyridine rings is 1. The van der Waals surface area contributed by atoms with Crippen molar-refractivity contribution in [1.82, 2.24) is 19.2 Å². The lowest BCUT2D eigenvalue weighted by molar-refractivity contribution is -0.132. The van der Waals surface area contributed by atoms with Crippen LogP contribution >= 0.6 is 0 Å². The first-order valence-electron chi connectivity index (χ1n) is 8.84. The monoisotopic (exact) mass is 352 g/mol. The molecule has 6 heteroatoms. The first kappa shape index (κ1) is 16.7. The third-order valence-corrected chi connectivity index (χ3v) is 4.77. The van der Waals surface area contributed by atoms with Crippen molar-refractivity contribution >= 4 is 11.6 Å². The molecule has 2 aromatic heterocycles. The van der Waals surface area contributed by atoms with Crippen molar-refractivity contribution in [2.24, 2.45) is 0 Å². The summed E-state index contributed by atoms with van der Waals surface area (Å²) < 4.78 is 14.9. The van der Waals surface area contributed by atoms with E-state index in [2.05, 4.69) is 34.1 Å². The summed E-state index contributed by atoms with van der Waals surface area (Å²) in [6.45, 7) is 4.12. The maximum Gasteiger partial charge on any atom is 0.228 e. The lowest BCUT2D eigenvalue weighted by Crippen LogP contribution is -2.48. The number of carbonyl (C=O) groups is 1. The Morgan fingerprint density at radius 3 is 2.54 bits per heavy atom. The Hall–Kier alpha value is -2.73. The van der Waals surface area contributed by atoms with Gasteiger partial charge in [0.2, 0.25) is 5.91 Å². The number of fused-ring (bicyclic) bond motifs is 1. The highest BCUT2D eigenvalue weighted by atomic mass is 19.1. The number of amides is 1. The van der Waals surface area contributed by atoms with Gasteiger partial charge in [-0.2, -0.15) is 0 Å². The van der Waals surface area contributed by atoms with E-state index in [-0.39, 0.29) is 18.1 Å². The fourth-order valence-corrected chi connectivity index (χ4v) is 3.37. The van der Waals surface area contributed by atoms with E-state index in [9.17, 15) is 9.18 Å². The number of rotatable bonds is 4. The lowest BCUT2D eigenvalue weighted by atomic mass is 10.2. The van der Waals surface area contributed by atoms with Gasteiger partial charge in [0.1, 0.15) is 11.5 Å². The van der Waals surface area contributed by atoms with Crippen molar-refractivity contribution in [3.63, 3.8) is 0 Å². The molecule has 1 fully saturated rings. The van der Waals surface area contributed by atoms with Gasteiger partial charge in [0, 0.05) is 45.1 Å². The predicted octanol–water partition coefficient (Wildman–Crippen LogP) is 2.36. The van der Waals surface area contributed by atoms with Gasteiger partial charge in [0.05, 0.1) is 12.1 Å². The summed E-state index contributed by atoms with van der Waals surface area (Å²) in [5, 5.41) is 0. The van der Waals surface area contributed by atoms with Gasteiger partial charge in [-0.3, -0.25) is 9.69 Å². The Balaban J connectivity index is 1.33. The summed E-state index contributed by atoms with van der Waals surface area (Å²) in [4.78, 5) is 21.2. The predicted molar refractivity (Wildman–Crippen MR) is 97.2 cm³/mol. The fourth-order valence-electron chi connectivity index (χ4n) is 3.37. The molecule has 1 aromatic carbocycles. The Kier molecular flexibility index (Phi) is 4.67. The maximum atomic E-state index is 13.3. The molecule has 26 heavy (non-hydrogen) atoms. The fraction of sp³-hybridized carbons (Fsp3) is 0.300. The molecule has 0 atom stereocenters. The zero-order chi connectivity index (χ0) is 17.9. The van der Waals surface area contributed by atoms with Crippen LogP contribution in [0.5, 0.6) is 0 Å². The van der Waals surface area contributed by atoms with Crippen molar-refractivity contribution in [2.45, 2.75) is 13.0 Å². The number of nitrogens with zero attached hydrogens (tertiary/aromatic N) is 4. The van der Waals surface area contributed by atoms with E-state index in [0.29, 0.717) is 11.3 Å². The van der Waals surface area contributed by atoms with Gasteiger partial charge in [-0.15, -0.1) is 0 Å². The van der Waals surface area contributed by atoms with Crippen LogP contribution in [0.1, 0.15) is 11.3 Å². The summed E-state index contributed by atoms with van der Waals surface area (Å²) in [5.74, 6) is -0.240. The molecule has 134 valence electrons. The minimum atomic E-state index is -0.317. The second-order valence-electron chi connectivity index (χ2n) is 6.66. The minimum Gasteiger partial charge on any atom is -0.340 e. The van der Waals surface area contributed by atoms with Crippen LogP contribution in [0.2, 0.25) is 0 Å². The number of benzene rings is 1. The maximum absolute atomic E-state index is 13.3. The van der Waals surface area contributed by atoms with Crippen molar-refractivity contribution in [3.05, 3.63) is 71.9 Å². The molecule has 1 aliphatic rings. The van der Waals surface area contributed by atoms with Crippen LogP contribution in [0.3, 0.4) is 0 Å². The topological polar surface area (TPSA) is 40.9 Å². The molecule has 0 N–H and O–H groups in total. The van der Waals surface area contributed by atoms with E-state index in [1.807, 2.05) is 11.0 Å². The standard InChI is InChI=1S/C20H21FN4O/c21-17-6-7-19-22-18(15-25(19)14-17)12-20(26)24-10-8-23(9-11-24)13-16-4-2-1-3-5-16/h1-7,14-15H,8-13H2. The molecule has 3 aromatic rings. The number of aromatic nitrogens is 2. The number of carbonyl (C=O) groups excluding carboxylic acids is 1. The van der Waals surface area contributed by atoms with E-state index in [1.54, 1.807) is 16.7 Å². The van der Waals surface area contributed by atoms with Crippen LogP contribution in [0.25, 0.3) is 5.65 Å². The molecule has 0 radical (unpaired) electrons. The highest BCUT2D eigenvalue weighted by Crippen LogP contribution is 2.12. The zero-order valence-electron chi connectivity index (χ0n) is 14.5. The summed E-state index contributed by atoms with van der Waals surface area (Å²) in [7, 11) is 0. The van der Waals surface area contributed by atoms with Gasteiger partial charge in [0.25, 0.3) is 0 Å². The van der Waals surface area contributed by atoms with E-state index in [1.165, 1.54) is 17.8 Å². The molecule has 0 saturated carbocycles.